The predicted octanol–water partition coefficient (Wildman–Crippen LogP) is 4.12. The van der Waals surface area contributed by atoms with Gasteiger partial charge in [-0.3, -0.25) is 14.2 Å². The summed E-state index contributed by atoms with van der Waals surface area (Å²) in [6.07, 6.45) is 6.50. The van der Waals surface area contributed by atoms with Crippen LogP contribution >= 0.6 is 12.2 Å². The quantitative estimate of drug-likeness (QED) is 0.299. The number of hydrogen-bond donors (Lipinski definition) is 2. The molecule has 0 spiro atoms. The number of rotatable bonds is 9. The number of carbonyl (C=O) groups is 1. The number of carbonyl (C=O) groups excluding carboxylic acids is 1. The van der Waals surface area contributed by atoms with E-state index in [0.717, 1.165) is 36.0 Å². The Kier molecular flexibility index (Phi) is 6.91. The molecule has 0 fully saturated rings. The maximum atomic E-state index is 12.6. The summed E-state index contributed by atoms with van der Waals surface area (Å²) >= 11 is 5.34. The van der Waals surface area contributed by atoms with Gasteiger partial charge in [0.1, 0.15) is 0 Å². The molecule has 0 aliphatic rings. The van der Waals surface area contributed by atoms with Gasteiger partial charge in [0.2, 0.25) is 5.91 Å². The summed E-state index contributed by atoms with van der Waals surface area (Å²) in [7, 11) is 0. The highest BCUT2D eigenvalue weighted by Gasteiger charge is 2.06. The number of aromatic nitrogens is 4. The fourth-order valence-electron chi connectivity index (χ4n) is 3.61. The molecule has 0 radical (unpaired) electrons. The second-order valence-electron chi connectivity index (χ2n) is 7.64. The Balaban J connectivity index is 1.19. The smallest absolute Gasteiger partial charge is 0.262 e. The standard InChI is InChI=1S/C24H25N5O2S/c30-22(25-17-18-10-12-19(13-11-18)29-16-6-14-26-29)9-2-1-5-15-28-23(31)20-7-3-4-8-21(20)27-24(28)32/h3-4,6-8,10-14,16H,1-2,5,9,15,17H2,(H,25,30)(H,27,32). The molecule has 4 rings (SSSR count). The Morgan fingerprint density at radius 3 is 2.62 bits per heavy atom. The third-order valence-electron chi connectivity index (χ3n) is 5.37. The summed E-state index contributed by atoms with van der Waals surface area (Å²) in [5.74, 6) is 0.0290. The van der Waals surface area contributed by atoms with Gasteiger partial charge in [-0.05, 0) is 61.0 Å². The van der Waals surface area contributed by atoms with Crippen molar-refractivity contribution in [2.24, 2.45) is 0 Å². The van der Waals surface area contributed by atoms with E-state index in [1.54, 1.807) is 21.5 Å². The molecule has 0 saturated heterocycles. The average molecular weight is 448 g/mol. The molecule has 0 bridgehead atoms. The highest BCUT2D eigenvalue weighted by Crippen LogP contribution is 2.10. The van der Waals surface area contributed by atoms with Crippen LogP contribution in [0.25, 0.3) is 16.6 Å². The molecule has 32 heavy (non-hydrogen) atoms. The van der Waals surface area contributed by atoms with Crippen LogP contribution in [0.15, 0.2) is 71.8 Å². The van der Waals surface area contributed by atoms with Crippen LogP contribution in [0.4, 0.5) is 0 Å². The molecule has 0 aliphatic heterocycles. The Morgan fingerprint density at radius 2 is 1.84 bits per heavy atom. The van der Waals surface area contributed by atoms with Crippen molar-refractivity contribution in [1.29, 1.82) is 0 Å². The molecule has 8 heteroatoms. The molecule has 2 N–H and O–H groups in total. The molecule has 0 aliphatic carbocycles. The maximum Gasteiger partial charge on any atom is 0.262 e. The number of benzene rings is 2. The molecule has 7 nitrogen and oxygen atoms in total. The maximum absolute atomic E-state index is 12.6. The summed E-state index contributed by atoms with van der Waals surface area (Å²) < 4.78 is 3.83. The Morgan fingerprint density at radius 1 is 1.03 bits per heavy atom. The molecule has 0 atom stereocenters. The lowest BCUT2D eigenvalue weighted by atomic mass is 10.1. The van der Waals surface area contributed by atoms with E-state index in [1.807, 2.05) is 54.7 Å². The van der Waals surface area contributed by atoms with E-state index in [4.69, 9.17) is 12.2 Å². The van der Waals surface area contributed by atoms with Crippen LogP contribution in [0.3, 0.4) is 0 Å². The number of fused-ring (bicyclic) bond motifs is 1. The highest BCUT2D eigenvalue weighted by molar-refractivity contribution is 7.71. The van der Waals surface area contributed by atoms with Crippen molar-refractivity contribution in [1.82, 2.24) is 24.6 Å². The molecule has 2 heterocycles. The lowest BCUT2D eigenvalue weighted by molar-refractivity contribution is -0.121. The minimum absolute atomic E-state index is 0.0290. The van der Waals surface area contributed by atoms with Gasteiger partial charge in [0, 0.05) is 31.9 Å². The zero-order chi connectivity index (χ0) is 22.3. The minimum Gasteiger partial charge on any atom is -0.352 e. The molecule has 164 valence electrons. The van der Waals surface area contributed by atoms with Crippen LogP contribution < -0.4 is 10.9 Å². The van der Waals surface area contributed by atoms with E-state index in [2.05, 4.69) is 15.4 Å². The predicted molar refractivity (Wildman–Crippen MR) is 127 cm³/mol. The number of H-pyrrole nitrogens is 1. The van der Waals surface area contributed by atoms with Crippen molar-refractivity contribution < 1.29 is 4.79 Å². The summed E-state index contributed by atoms with van der Waals surface area (Å²) in [5.41, 5.74) is 2.71. The molecular formula is C24H25N5O2S. The topological polar surface area (TPSA) is 84.7 Å². The summed E-state index contributed by atoms with van der Waals surface area (Å²) in [4.78, 5) is 27.9. The second-order valence-corrected chi connectivity index (χ2v) is 8.02. The van der Waals surface area contributed by atoms with Gasteiger partial charge >= 0.3 is 0 Å². The average Bonchev–Trinajstić information content (AvgIpc) is 3.35. The Labute approximate surface area is 190 Å². The lowest BCUT2D eigenvalue weighted by Crippen LogP contribution is -2.23. The van der Waals surface area contributed by atoms with E-state index >= 15 is 0 Å². The van der Waals surface area contributed by atoms with Crippen LogP contribution in [0.2, 0.25) is 0 Å². The summed E-state index contributed by atoms with van der Waals surface area (Å²) in [6, 6.07) is 17.2. The first kappa shape index (κ1) is 21.7. The number of unbranched alkanes of at least 4 members (excludes halogenated alkanes) is 2. The summed E-state index contributed by atoms with van der Waals surface area (Å²) in [6.45, 7) is 1.04. The van der Waals surface area contributed by atoms with Gasteiger partial charge in [-0.2, -0.15) is 5.10 Å². The van der Waals surface area contributed by atoms with Crippen molar-refractivity contribution in [3.05, 3.63) is 87.7 Å². The van der Waals surface area contributed by atoms with Gasteiger partial charge in [-0.1, -0.05) is 30.7 Å². The number of para-hydroxylation sites is 1. The van der Waals surface area contributed by atoms with E-state index in [9.17, 15) is 9.59 Å². The minimum atomic E-state index is -0.0688. The van der Waals surface area contributed by atoms with Gasteiger partial charge in [-0.25, -0.2) is 4.68 Å². The van der Waals surface area contributed by atoms with Gasteiger partial charge in [0.05, 0.1) is 16.6 Å². The normalized spacial score (nSPS) is 11.0. The third kappa shape index (κ3) is 5.20. The monoisotopic (exact) mass is 447 g/mol. The van der Waals surface area contributed by atoms with E-state index in [1.165, 1.54) is 0 Å². The Hall–Kier alpha value is -3.52. The highest BCUT2D eigenvalue weighted by atomic mass is 32.1. The largest absolute Gasteiger partial charge is 0.352 e. The molecule has 1 amide bonds. The number of amides is 1. The SMILES string of the molecule is O=C(CCCCCn1c(=S)[nH]c2ccccc2c1=O)NCc1ccc(-n2cccn2)cc1. The van der Waals surface area contributed by atoms with E-state index < -0.39 is 0 Å². The summed E-state index contributed by atoms with van der Waals surface area (Å²) in [5, 5.41) is 7.80. The third-order valence-corrected chi connectivity index (χ3v) is 5.69. The number of aromatic amines is 1. The van der Waals surface area contributed by atoms with Gasteiger partial charge in [0.25, 0.3) is 5.56 Å². The molecule has 0 saturated carbocycles. The van der Waals surface area contributed by atoms with Crippen LogP contribution in [-0.4, -0.2) is 25.2 Å². The number of hydrogen-bond acceptors (Lipinski definition) is 4. The fourth-order valence-corrected chi connectivity index (χ4v) is 3.90. The van der Waals surface area contributed by atoms with Crippen molar-refractivity contribution in [2.75, 3.05) is 0 Å². The van der Waals surface area contributed by atoms with Gasteiger partial charge in [0.15, 0.2) is 4.77 Å². The van der Waals surface area contributed by atoms with Crippen LogP contribution in [-0.2, 0) is 17.9 Å². The van der Waals surface area contributed by atoms with Crippen LogP contribution in [0, 0.1) is 4.77 Å². The molecule has 4 aromatic rings. The first-order valence-electron chi connectivity index (χ1n) is 10.7. The van der Waals surface area contributed by atoms with Crippen molar-refractivity contribution >= 4 is 29.0 Å². The zero-order valence-corrected chi connectivity index (χ0v) is 18.5. The zero-order valence-electron chi connectivity index (χ0n) is 17.7. The van der Waals surface area contributed by atoms with E-state index in [0.29, 0.717) is 29.7 Å². The van der Waals surface area contributed by atoms with E-state index in [-0.39, 0.29) is 11.5 Å². The van der Waals surface area contributed by atoms with Crippen molar-refractivity contribution in [3.63, 3.8) is 0 Å². The van der Waals surface area contributed by atoms with Gasteiger partial charge in [-0.15, -0.1) is 0 Å². The first-order chi connectivity index (χ1) is 15.6. The van der Waals surface area contributed by atoms with Crippen LogP contribution in [0.5, 0.6) is 0 Å². The Bertz CT molecular complexity index is 1310. The molecule has 2 aromatic carbocycles. The van der Waals surface area contributed by atoms with Crippen molar-refractivity contribution in [2.45, 2.75) is 38.8 Å². The van der Waals surface area contributed by atoms with Gasteiger partial charge < -0.3 is 10.3 Å². The first-order valence-corrected chi connectivity index (χ1v) is 11.1. The van der Waals surface area contributed by atoms with Crippen LogP contribution in [0.1, 0.15) is 31.2 Å². The number of nitrogens with zero attached hydrogens (tertiary/aromatic N) is 3. The second kappa shape index (κ2) is 10.2. The fraction of sp³-hybridized carbons (Fsp3) is 0.250. The molecule has 0 unspecified atom stereocenters. The lowest BCUT2D eigenvalue weighted by Gasteiger charge is -2.09. The molecular weight excluding hydrogens is 422 g/mol. The molecule has 2 aromatic heterocycles. The number of nitrogens with one attached hydrogen (secondary N) is 2. The van der Waals surface area contributed by atoms with Crippen molar-refractivity contribution in [3.8, 4) is 5.69 Å².